The van der Waals surface area contributed by atoms with Gasteiger partial charge in [-0.15, -0.1) is 12.4 Å². The fourth-order valence-corrected chi connectivity index (χ4v) is 4.38. The number of piperidine rings is 1. The largest absolute Gasteiger partial charge is 0.494 e. The van der Waals surface area contributed by atoms with E-state index in [0.717, 1.165) is 19.4 Å². The predicted molar refractivity (Wildman–Crippen MR) is 99.5 cm³/mol. The number of amides is 1. The molecule has 2 rings (SSSR count). The first-order chi connectivity index (χ1) is 11.3. The second kappa shape index (κ2) is 9.05. The summed E-state index contributed by atoms with van der Waals surface area (Å²) < 4.78 is 33.4. The predicted octanol–water partition coefficient (Wildman–Crippen LogP) is 1.50. The van der Waals surface area contributed by atoms with Crippen LogP contribution in [0.5, 0.6) is 5.75 Å². The van der Waals surface area contributed by atoms with Crippen LogP contribution in [0.3, 0.4) is 0 Å². The van der Waals surface area contributed by atoms with Crippen molar-refractivity contribution in [1.29, 1.82) is 0 Å². The standard InChI is InChI=1S/C15H22ClN3O4S.ClH/c1-19(2)15(20)12-7-10(16)8-13(14(12)23-3)24(21,22)18-11-5-4-6-17-9-11;/h7-8,11,17-18H,4-6,9H2,1-3H3;1H/t11-;/m1./s1. The number of rotatable bonds is 5. The highest BCUT2D eigenvalue weighted by atomic mass is 35.5. The summed E-state index contributed by atoms with van der Waals surface area (Å²) in [5, 5.41) is 3.30. The highest BCUT2D eigenvalue weighted by Gasteiger charge is 2.29. The molecular weight excluding hydrogens is 389 g/mol. The molecule has 1 amide bonds. The third-order valence-corrected chi connectivity index (χ3v) is 5.51. The molecule has 1 saturated heterocycles. The molecule has 142 valence electrons. The van der Waals surface area contributed by atoms with E-state index in [-0.39, 0.29) is 45.6 Å². The topological polar surface area (TPSA) is 87.7 Å². The van der Waals surface area contributed by atoms with Crippen molar-refractivity contribution in [3.63, 3.8) is 0 Å². The van der Waals surface area contributed by atoms with Gasteiger partial charge in [-0.05, 0) is 31.5 Å². The van der Waals surface area contributed by atoms with Crippen LogP contribution in [0.2, 0.25) is 5.02 Å². The van der Waals surface area contributed by atoms with Crippen molar-refractivity contribution >= 4 is 39.9 Å². The van der Waals surface area contributed by atoms with Gasteiger partial charge < -0.3 is 15.0 Å². The lowest BCUT2D eigenvalue weighted by Gasteiger charge is -2.24. The Morgan fingerprint density at radius 3 is 2.60 bits per heavy atom. The molecule has 0 saturated carbocycles. The van der Waals surface area contributed by atoms with Crippen LogP contribution in [0.15, 0.2) is 17.0 Å². The zero-order valence-electron chi connectivity index (χ0n) is 14.3. The van der Waals surface area contributed by atoms with Crippen LogP contribution in [-0.4, -0.2) is 59.6 Å². The van der Waals surface area contributed by atoms with E-state index >= 15 is 0 Å². The number of methoxy groups -OCH3 is 1. The molecule has 0 aromatic heterocycles. The third kappa shape index (κ3) is 5.21. The highest BCUT2D eigenvalue weighted by molar-refractivity contribution is 7.89. The second-order valence-electron chi connectivity index (χ2n) is 5.85. The molecule has 0 aliphatic carbocycles. The summed E-state index contributed by atoms with van der Waals surface area (Å²) in [4.78, 5) is 13.5. The summed E-state index contributed by atoms with van der Waals surface area (Å²) in [6, 6.07) is 2.50. The fraction of sp³-hybridized carbons (Fsp3) is 0.533. The highest BCUT2D eigenvalue weighted by Crippen LogP contribution is 2.32. The van der Waals surface area contributed by atoms with Gasteiger partial charge in [0.25, 0.3) is 5.91 Å². The minimum atomic E-state index is -3.88. The van der Waals surface area contributed by atoms with Gasteiger partial charge in [-0.25, -0.2) is 13.1 Å². The Bertz CT molecular complexity index is 720. The van der Waals surface area contributed by atoms with Gasteiger partial charge in [0.05, 0.1) is 12.7 Å². The van der Waals surface area contributed by atoms with E-state index in [4.69, 9.17) is 16.3 Å². The average Bonchev–Trinajstić information content (AvgIpc) is 2.53. The number of nitrogens with one attached hydrogen (secondary N) is 2. The lowest BCUT2D eigenvalue weighted by Crippen LogP contribution is -2.45. The van der Waals surface area contributed by atoms with Gasteiger partial charge in [0, 0.05) is 31.7 Å². The maximum atomic E-state index is 12.8. The van der Waals surface area contributed by atoms with E-state index < -0.39 is 10.0 Å². The van der Waals surface area contributed by atoms with Gasteiger partial charge in [-0.2, -0.15) is 0 Å². The molecule has 0 unspecified atom stereocenters. The first-order valence-corrected chi connectivity index (χ1v) is 9.44. The van der Waals surface area contributed by atoms with Crippen molar-refractivity contribution in [2.75, 3.05) is 34.3 Å². The zero-order chi connectivity index (χ0) is 17.9. The minimum absolute atomic E-state index is 0. The Hall–Kier alpha value is -1.06. The van der Waals surface area contributed by atoms with Gasteiger partial charge in [0.15, 0.2) is 5.75 Å². The van der Waals surface area contributed by atoms with Crippen molar-refractivity contribution in [2.45, 2.75) is 23.8 Å². The Morgan fingerprint density at radius 1 is 1.40 bits per heavy atom. The third-order valence-electron chi connectivity index (χ3n) is 3.77. The fourth-order valence-electron chi connectivity index (χ4n) is 2.61. The van der Waals surface area contributed by atoms with Crippen LogP contribution < -0.4 is 14.8 Å². The van der Waals surface area contributed by atoms with Gasteiger partial charge in [0.1, 0.15) is 4.90 Å². The van der Waals surface area contributed by atoms with Gasteiger partial charge in [-0.3, -0.25) is 4.79 Å². The van der Waals surface area contributed by atoms with E-state index in [0.29, 0.717) is 6.54 Å². The Balaban J connectivity index is 0.00000312. The quantitative estimate of drug-likeness (QED) is 0.766. The van der Waals surface area contributed by atoms with E-state index in [1.54, 1.807) is 14.1 Å². The van der Waals surface area contributed by atoms with Crippen molar-refractivity contribution < 1.29 is 17.9 Å². The summed E-state index contributed by atoms with van der Waals surface area (Å²) in [5.41, 5.74) is 0.108. The molecule has 0 bridgehead atoms. The minimum Gasteiger partial charge on any atom is -0.494 e. The van der Waals surface area contributed by atoms with Crippen molar-refractivity contribution in [2.24, 2.45) is 0 Å². The number of carbonyl (C=O) groups excluding carboxylic acids is 1. The lowest BCUT2D eigenvalue weighted by atomic mass is 10.1. The van der Waals surface area contributed by atoms with E-state index in [2.05, 4.69) is 10.0 Å². The molecule has 0 spiro atoms. The van der Waals surface area contributed by atoms with Crippen LogP contribution in [0.4, 0.5) is 0 Å². The van der Waals surface area contributed by atoms with Crippen LogP contribution in [0.25, 0.3) is 0 Å². The maximum absolute atomic E-state index is 12.8. The summed E-state index contributed by atoms with van der Waals surface area (Å²) in [6.45, 7) is 1.44. The molecule has 1 atom stereocenters. The number of hydrogen-bond acceptors (Lipinski definition) is 5. The SMILES string of the molecule is COc1c(C(=O)N(C)C)cc(Cl)cc1S(=O)(=O)N[C@@H]1CCCNC1.Cl. The van der Waals surface area contributed by atoms with E-state index in [1.165, 1.54) is 24.1 Å². The molecular formula is C15H23Cl2N3O4S. The summed E-state index contributed by atoms with van der Waals surface area (Å²) in [7, 11) is 0.598. The zero-order valence-corrected chi connectivity index (χ0v) is 16.7. The number of halogens is 2. The number of nitrogens with zero attached hydrogens (tertiary/aromatic N) is 1. The monoisotopic (exact) mass is 411 g/mol. The molecule has 0 radical (unpaired) electrons. The molecule has 1 fully saturated rings. The normalized spacial score (nSPS) is 17.5. The van der Waals surface area contributed by atoms with Gasteiger partial charge >= 0.3 is 0 Å². The van der Waals surface area contributed by atoms with Crippen LogP contribution in [-0.2, 0) is 10.0 Å². The molecule has 1 aliphatic rings. The summed E-state index contributed by atoms with van der Waals surface area (Å²) >= 11 is 6.05. The van der Waals surface area contributed by atoms with Crippen molar-refractivity contribution in [3.05, 3.63) is 22.7 Å². The first kappa shape index (κ1) is 22.0. The average molecular weight is 412 g/mol. The molecule has 1 aromatic carbocycles. The molecule has 10 heteroatoms. The van der Waals surface area contributed by atoms with Crippen molar-refractivity contribution in [1.82, 2.24) is 14.9 Å². The van der Waals surface area contributed by atoms with E-state index in [9.17, 15) is 13.2 Å². The summed E-state index contributed by atoms with van der Waals surface area (Å²) in [5.74, 6) is -0.389. The Labute approximate surface area is 159 Å². The van der Waals surface area contributed by atoms with Gasteiger partial charge in [-0.1, -0.05) is 11.6 Å². The first-order valence-electron chi connectivity index (χ1n) is 7.58. The molecule has 2 N–H and O–H groups in total. The lowest BCUT2D eigenvalue weighted by molar-refractivity contribution is 0.0824. The van der Waals surface area contributed by atoms with Crippen LogP contribution >= 0.6 is 24.0 Å². The molecule has 1 aromatic rings. The number of carbonyl (C=O) groups is 1. The van der Waals surface area contributed by atoms with Crippen LogP contribution in [0.1, 0.15) is 23.2 Å². The Kier molecular flexibility index (Phi) is 7.95. The Morgan fingerprint density at radius 2 is 2.08 bits per heavy atom. The molecule has 25 heavy (non-hydrogen) atoms. The number of sulfonamides is 1. The maximum Gasteiger partial charge on any atom is 0.257 e. The smallest absolute Gasteiger partial charge is 0.257 e. The number of hydrogen-bond donors (Lipinski definition) is 2. The number of benzene rings is 1. The van der Waals surface area contributed by atoms with E-state index in [1.807, 2.05) is 0 Å². The van der Waals surface area contributed by atoms with Gasteiger partial charge in [0.2, 0.25) is 10.0 Å². The van der Waals surface area contributed by atoms with Crippen molar-refractivity contribution in [3.8, 4) is 5.75 Å². The molecule has 1 heterocycles. The molecule has 7 nitrogen and oxygen atoms in total. The summed E-state index contributed by atoms with van der Waals surface area (Å²) in [6.07, 6.45) is 1.64. The second-order valence-corrected chi connectivity index (χ2v) is 7.97. The molecule has 1 aliphatic heterocycles. The number of ether oxygens (including phenoxy) is 1. The van der Waals surface area contributed by atoms with Crippen LogP contribution in [0, 0.1) is 0 Å².